The molecule has 2 aliphatic heterocycles. The van der Waals surface area contributed by atoms with Crippen LogP contribution >= 0.6 is 0 Å². The highest BCUT2D eigenvalue weighted by Crippen LogP contribution is 2.54. The predicted molar refractivity (Wildman–Crippen MR) is 104 cm³/mol. The monoisotopic (exact) mass is 365 g/mol. The molecule has 4 nitrogen and oxygen atoms in total. The fraction of sp³-hybridized carbons (Fsp3) is 0.478. The van der Waals surface area contributed by atoms with Crippen molar-refractivity contribution >= 4 is 0 Å². The quantitative estimate of drug-likeness (QED) is 0.866. The zero-order valence-corrected chi connectivity index (χ0v) is 15.8. The Labute approximate surface area is 160 Å². The molecule has 0 unspecified atom stereocenters. The van der Waals surface area contributed by atoms with Crippen molar-refractivity contribution in [3.63, 3.8) is 0 Å². The first kappa shape index (κ1) is 17.1. The summed E-state index contributed by atoms with van der Waals surface area (Å²) in [5.41, 5.74) is 6.12. The number of benzene rings is 2. The van der Waals surface area contributed by atoms with Gasteiger partial charge in [0.25, 0.3) is 0 Å². The van der Waals surface area contributed by atoms with E-state index >= 15 is 0 Å². The van der Waals surface area contributed by atoms with E-state index in [-0.39, 0.29) is 12.6 Å². The van der Waals surface area contributed by atoms with Crippen LogP contribution in [-0.2, 0) is 19.4 Å². The molecule has 4 heteroatoms. The fourth-order valence-electron chi connectivity index (χ4n) is 5.38. The number of aliphatic hydroxyl groups is 1. The maximum Gasteiger partial charge on any atom is 0.162 e. The highest BCUT2D eigenvalue weighted by Gasteiger charge is 2.44. The van der Waals surface area contributed by atoms with Crippen LogP contribution in [0.2, 0.25) is 0 Å². The lowest BCUT2D eigenvalue weighted by Gasteiger charge is -2.51. The molecule has 2 atom stereocenters. The minimum absolute atomic E-state index is 0.100. The van der Waals surface area contributed by atoms with Crippen LogP contribution in [0.25, 0.3) is 0 Å². The number of aromatic hydroxyl groups is 1. The van der Waals surface area contributed by atoms with E-state index in [9.17, 15) is 10.2 Å². The van der Waals surface area contributed by atoms with Crippen molar-refractivity contribution in [1.82, 2.24) is 4.90 Å². The third-order valence-corrected chi connectivity index (χ3v) is 6.94. The lowest BCUT2D eigenvalue weighted by molar-refractivity contribution is 0.0363. The topological polar surface area (TPSA) is 52.9 Å². The fourth-order valence-corrected chi connectivity index (χ4v) is 5.38. The number of nitrogens with zero attached hydrogens (tertiary/aromatic N) is 1. The van der Waals surface area contributed by atoms with E-state index < -0.39 is 0 Å². The molecule has 1 saturated carbocycles. The van der Waals surface area contributed by atoms with E-state index in [0.717, 1.165) is 30.5 Å². The maximum atomic E-state index is 10.9. The highest BCUT2D eigenvalue weighted by atomic mass is 16.5. The summed E-state index contributed by atoms with van der Waals surface area (Å²) in [5, 5.41) is 20.4. The van der Waals surface area contributed by atoms with Crippen molar-refractivity contribution in [2.24, 2.45) is 5.92 Å². The number of fused-ring (bicyclic) bond motifs is 4. The average Bonchev–Trinajstić information content (AvgIpc) is 2.66. The SMILES string of the molecule is COc1ccc2c(c1O)[C@@H](C1CCC1)N1CCc3cc(CO)ccc3[C@@H]1C2. The summed E-state index contributed by atoms with van der Waals surface area (Å²) in [5.74, 6) is 1.54. The summed E-state index contributed by atoms with van der Waals surface area (Å²) in [6.45, 7) is 1.10. The standard InChI is InChI=1S/C23H27NO3/c1-27-20-8-6-17-12-19-18-7-5-14(13-25)11-16(18)9-10-24(19)22(15-3-2-4-15)21(17)23(20)26/h5-8,11,15,19,22,25-26H,2-4,9-10,12-13H2,1H3/t19-,22+/m0/s1. The number of hydrogen-bond acceptors (Lipinski definition) is 4. The molecule has 0 amide bonds. The smallest absolute Gasteiger partial charge is 0.162 e. The van der Waals surface area contributed by atoms with Gasteiger partial charge in [0.1, 0.15) is 0 Å². The first-order valence-electron chi connectivity index (χ1n) is 10.1. The number of phenols is 1. The Bertz CT molecular complexity index is 874. The lowest BCUT2D eigenvalue weighted by Crippen LogP contribution is -2.46. The van der Waals surface area contributed by atoms with Crippen molar-refractivity contribution < 1.29 is 14.9 Å². The van der Waals surface area contributed by atoms with Gasteiger partial charge in [0.05, 0.1) is 13.7 Å². The third kappa shape index (κ3) is 2.58. The molecule has 2 aromatic carbocycles. The van der Waals surface area contributed by atoms with Crippen molar-refractivity contribution in [1.29, 1.82) is 0 Å². The number of ether oxygens (including phenoxy) is 1. The van der Waals surface area contributed by atoms with Crippen molar-refractivity contribution in [2.45, 2.75) is 50.8 Å². The Morgan fingerprint density at radius 2 is 2.00 bits per heavy atom. The van der Waals surface area contributed by atoms with Gasteiger partial charge in [0, 0.05) is 24.2 Å². The molecular formula is C23H27NO3. The predicted octanol–water partition coefficient (Wildman–Crippen LogP) is 3.89. The summed E-state index contributed by atoms with van der Waals surface area (Å²) >= 11 is 0. The van der Waals surface area contributed by atoms with Crippen LogP contribution in [0.15, 0.2) is 30.3 Å². The molecule has 0 bridgehead atoms. The molecule has 1 aliphatic carbocycles. The Hall–Kier alpha value is -2.04. The van der Waals surface area contributed by atoms with Gasteiger partial charge in [0.15, 0.2) is 11.5 Å². The Kier molecular flexibility index (Phi) is 4.14. The Balaban J connectivity index is 1.63. The van der Waals surface area contributed by atoms with E-state index in [1.165, 1.54) is 36.0 Å². The molecule has 0 aromatic heterocycles. The van der Waals surface area contributed by atoms with E-state index in [2.05, 4.69) is 29.2 Å². The maximum absolute atomic E-state index is 10.9. The summed E-state index contributed by atoms with van der Waals surface area (Å²) in [6, 6.07) is 11.1. The number of hydrogen-bond donors (Lipinski definition) is 2. The molecule has 27 heavy (non-hydrogen) atoms. The largest absolute Gasteiger partial charge is 0.504 e. The molecule has 2 heterocycles. The normalized spacial score (nSPS) is 24.5. The molecule has 2 N–H and O–H groups in total. The molecule has 2 aromatic rings. The minimum Gasteiger partial charge on any atom is -0.504 e. The molecule has 1 fully saturated rings. The first-order valence-corrected chi connectivity index (χ1v) is 10.1. The van der Waals surface area contributed by atoms with Gasteiger partial charge in [-0.3, -0.25) is 4.90 Å². The summed E-state index contributed by atoms with van der Waals surface area (Å²) < 4.78 is 5.42. The van der Waals surface area contributed by atoms with E-state index in [0.29, 0.717) is 23.5 Å². The van der Waals surface area contributed by atoms with Gasteiger partial charge in [0.2, 0.25) is 0 Å². The molecule has 0 spiro atoms. The van der Waals surface area contributed by atoms with Gasteiger partial charge in [-0.05, 0) is 59.9 Å². The van der Waals surface area contributed by atoms with Gasteiger partial charge >= 0.3 is 0 Å². The molecule has 0 radical (unpaired) electrons. The number of aliphatic hydroxyl groups excluding tert-OH is 1. The second kappa shape index (κ2) is 6.54. The second-order valence-corrected chi connectivity index (χ2v) is 8.22. The van der Waals surface area contributed by atoms with E-state index in [1.54, 1.807) is 7.11 Å². The lowest BCUT2D eigenvalue weighted by atomic mass is 9.70. The Morgan fingerprint density at radius 3 is 2.70 bits per heavy atom. The van der Waals surface area contributed by atoms with Gasteiger partial charge in [-0.15, -0.1) is 0 Å². The Morgan fingerprint density at radius 1 is 1.15 bits per heavy atom. The van der Waals surface area contributed by atoms with Gasteiger partial charge in [-0.1, -0.05) is 30.7 Å². The summed E-state index contributed by atoms with van der Waals surface area (Å²) in [6.07, 6.45) is 5.68. The van der Waals surface area contributed by atoms with Crippen LogP contribution < -0.4 is 4.74 Å². The number of rotatable bonds is 3. The van der Waals surface area contributed by atoms with E-state index in [4.69, 9.17) is 4.74 Å². The molecule has 3 aliphatic rings. The molecule has 0 saturated heterocycles. The zero-order valence-electron chi connectivity index (χ0n) is 15.8. The van der Waals surface area contributed by atoms with Crippen molar-refractivity contribution in [3.8, 4) is 11.5 Å². The van der Waals surface area contributed by atoms with Crippen LogP contribution in [0.5, 0.6) is 11.5 Å². The van der Waals surface area contributed by atoms with Gasteiger partial charge < -0.3 is 14.9 Å². The van der Waals surface area contributed by atoms with Crippen molar-refractivity contribution in [3.05, 3.63) is 58.1 Å². The highest BCUT2D eigenvalue weighted by molar-refractivity contribution is 5.54. The second-order valence-electron chi connectivity index (χ2n) is 8.22. The van der Waals surface area contributed by atoms with Crippen LogP contribution in [0.3, 0.4) is 0 Å². The summed E-state index contributed by atoms with van der Waals surface area (Å²) in [4.78, 5) is 2.63. The summed E-state index contributed by atoms with van der Waals surface area (Å²) in [7, 11) is 1.63. The van der Waals surface area contributed by atoms with Crippen LogP contribution in [-0.4, -0.2) is 28.8 Å². The van der Waals surface area contributed by atoms with Gasteiger partial charge in [-0.25, -0.2) is 0 Å². The van der Waals surface area contributed by atoms with Crippen molar-refractivity contribution in [2.75, 3.05) is 13.7 Å². The first-order chi connectivity index (χ1) is 13.2. The minimum atomic E-state index is 0.100. The number of methoxy groups -OCH3 is 1. The molecular weight excluding hydrogens is 338 g/mol. The van der Waals surface area contributed by atoms with Crippen LogP contribution in [0, 0.1) is 5.92 Å². The van der Waals surface area contributed by atoms with Crippen LogP contribution in [0.1, 0.15) is 59.2 Å². The third-order valence-electron chi connectivity index (χ3n) is 6.94. The number of phenolic OH excluding ortho intramolecular Hbond substituents is 1. The van der Waals surface area contributed by atoms with E-state index in [1.807, 2.05) is 6.07 Å². The van der Waals surface area contributed by atoms with Gasteiger partial charge in [-0.2, -0.15) is 0 Å². The molecule has 5 rings (SSSR count). The molecule has 142 valence electrons. The van der Waals surface area contributed by atoms with Crippen LogP contribution in [0.4, 0.5) is 0 Å². The zero-order chi connectivity index (χ0) is 18.5. The average molecular weight is 365 g/mol.